The monoisotopic (exact) mass is 575 g/mol. The number of benzene rings is 1. The van der Waals surface area contributed by atoms with Crippen LogP contribution in [0.5, 0.6) is 0 Å². The van der Waals surface area contributed by atoms with Crippen molar-refractivity contribution in [1.82, 2.24) is 14.8 Å². The highest BCUT2D eigenvalue weighted by atomic mass is 16.6. The van der Waals surface area contributed by atoms with E-state index in [2.05, 4.69) is 25.8 Å². The second-order valence-corrected chi connectivity index (χ2v) is 14.1. The molecule has 0 aliphatic carbocycles. The van der Waals surface area contributed by atoms with E-state index in [4.69, 9.17) is 4.74 Å². The summed E-state index contributed by atoms with van der Waals surface area (Å²) in [5.41, 5.74) is -0.852. The number of carbonyl (C=O) groups excluding carboxylic acids is 4. The lowest BCUT2D eigenvalue weighted by Gasteiger charge is -2.43. The Bertz CT molecular complexity index is 1340. The van der Waals surface area contributed by atoms with Gasteiger partial charge in [0.1, 0.15) is 5.60 Å². The second-order valence-electron chi connectivity index (χ2n) is 14.1. The zero-order valence-electron chi connectivity index (χ0n) is 26.4. The largest absolute Gasteiger partial charge is 0.458 e. The highest BCUT2D eigenvalue weighted by Gasteiger charge is 2.74. The maximum Gasteiger partial charge on any atom is 0.333 e. The number of aromatic nitrogens is 1. The van der Waals surface area contributed by atoms with Crippen LogP contribution in [-0.2, 0) is 24.5 Å². The molecule has 1 aromatic carbocycles. The number of rotatable bonds is 7. The van der Waals surface area contributed by atoms with Gasteiger partial charge in [0.15, 0.2) is 5.54 Å². The van der Waals surface area contributed by atoms with Crippen LogP contribution >= 0.6 is 0 Å². The van der Waals surface area contributed by atoms with E-state index in [1.165, 1.54) is 9.80 Å². The lowest BCUT2D eigenvalue weighted by atomic mass is 9.74. The van der Waals surface area contributed by atoms with Gasteiger partial charge in [-0.05, 0) is 74.8 Å². The fourth-order valence-corrected chi connectivity index (χ4v) is 6.52. The van der Waals surface area contributed by atoms with E-state index < -0.39 is 46.8 Å². The zero-order chi connectivity index (χ0) is 31.2. The van der Waals surface area contributed by atoms with E-state index in [1.807, 2.05) is 32.9 Å². The SMILES string of the molecule is CCCN1C(=O)[C@H]2[C@@H](C1=O)[C@@](CC(C)C)(C(=O)OC(C)(C)C)N(C(=O)c1ccc(C(C)(C)C)cc1)[C@H]2c1ccccn1. The van der Waals surface area contributed by atoms with Gasteiger partial charge in [-0.15, -0.1) is 0 Å². The number of nitrogens with zero attached hydrogens (tertiary/aromatic N) is 3. The third-order valence-corrected chi connectivity index (χ3v) is 8.13. The number of hydrogen-bond acceptors (Lipinski definition) is 6. The average Bonchev–Trinajstić information content (AvgIpc) is 3.33. The Kier molecular flexibility index (Phi) is 8.42. The normalized spacial score (nSPS) is 24.4. The van der Waals surface area contributed by atoms with E-state index in [0.717, 1.165) is 5.56 Å². The summed E-state index contributed by atoms with van der Waals surface area (Å²) >= 11 is 0. The van der Waals surface area contributed by atoms with Crippen LogP contribution in [-0.4, -0.2) is 56.2 Å². The van der Waals surface area contributed by atoms with Crippen LogP contribution in [0.1, 0.15) is 103 Å². The summed E-state index contributed by atoms with van der Waals surface area (Å²) in [5.74, 6) is -4.09. The Morgan fingerprint density at radius 1 is 0.976 bits per heavy atom. The van der Waals surface area contributed by atoms with E-state index >= 15 is 0 Å². The number of fused-ring (bicyclic) bond motifs is 1. The summed E-state index contributed by atoms with van der Waals surface area (Å²) < 4.78 is 6.04. The molecule has 8 heteroatoms. The summed E-state index contributed by atoms with van der Waals surface area (Å²) in [4.78, 5) is 65.0. The second kappa shape index (κ2) is 11.3. The maximum atomic E-state index is 14.8. The molecule has 42 heavy (non-hydrogen) atoms. The summed E-state index contributed by atoms with van der Waals surface area (Å²) in [5, 5.41) is 0. The van der Waals surface area contributed by atoms with Gasteiger partial charge in [-0.3, -0.25) is 24.3 Å². The van der Waals surface area contributed by atoms with Gasteiger partial charge < -0.3 is 9.64 Å². The molecule has 4 rings (SSSR count). The quantitative estimate of drug-likeness (QED) is 0.310. The van der Waals surface area contributed by atoms with E-state index in [9.17, 15) is 19.2 Å². The van der Waals surface area contributed by atoms with Crippen molar-refractivity contribution < 1.29 is 23.9 Å². The Morgan fingerprint density at radius 3 is 2.12 bits per heavy atom. The molecule has 0 saturated carbocycles. The molecule has 226 valence electrons. The first-order valence-corrected chi connectivity index (χ1v) is 15.0. The smallest absolute Gasteiger partial charge is 0.333 e. The minimum Gasteiger partial charge on any atom is -0.458 e. The molecule has 0 spiro atoms. The lowest BCUT2D eigenvalue weighted by Crippen LogP contribution is -2.61. The number of ether oxygens (including phenoxy) is 1. The summed E-state index contributed by atoms with van der Waals surface area (Å²) in [6, 6.07) is 11.7. The van der Waals surface area contributed by atoms with Gasteiger partial charge in [0.2, 0.25) is 11.8 Å². The predicted molar refractivity (Wildman–Crippen MR) is 160 cm³/mol. The van der Waals surface area contributed by atoms with Crippen molar-refractivity contribution in [3.63, 3.8) is 0 Å². The standard InChI is InChI=1S/C34H45N3O5/c1-10-19-36-29(39)25-26(30(36)40)34(20-21(2)3,31(41)42-33(7,8)9)37(27(25)24-13-11-12-18-35-24)28(38)22-14-16-23(17-15-22)32(4,5)6/h11-18,21,25-27H,10,19-20H2,1-9H3/t25-,26-,27-,34-/m0/s1. The zero-order valence-corrected chi connectivity index (χ0v) is 26.4. The van der Waals surface area contributed by atoms with E-state index in [1.54, 1.807) is 57.3 Å². The fourth-order valence-electron chi connectivity index (χ4n) is 6.52. The molecule has 2 aliphatic heterocycles. The molecule has 2 aliphatic rings. The van der Waals surface area contributed by atoms with Gasteiger partial charge in [0, 0.05) is 18.3 Å². The molecule has 0 bridgehead atoms. The first kappa shape index (κ1) is 31.4. The van der Waals surface area contributed by atoms with Crippen LogP contribution in [0.4, 0.5) is 0 Å². The van der Waals surface area contributed by atoms with Crippen LogP contribution in [0, 0.1) is 17.8 Å². The molecule has 2 saturated heterocycles. The topological polar surface area (TPSA) is 96.9 Å². The Balaban J connectivity index is 2.02. The van der Waals surface area contributed by atoms with Gasteiger partial charge in [0.25, 0.3) is 5.91 Å². The van der Waals surface area contributed by atoms with Crippen LogP contribution in [0.15, 0.2) is 48.7 Å². The number of likely N-dealkylation sites (tertiary alicyclic amines) is 2. The van der Waals surface area contributed by atoms with Crippen LogP contribution in [0.3, 0.4) is 0 Å². The molecule has 0 unspecified atom stereocenters. The highest BCUT2D eigenvalue weighted by Crippen LogP contribution is 2.58. The average molecular weight is 576 g/mol. The molecule has 4 atom stereocenters. The van der Waals surface area contributed by atoms with Crippen LogP contribution < -0.4 is 0 Å². The van der Waals surface area contributed by atoms with Crippen molar-refractivity contribution in [2.24, 2.45) is 17.8 Å². The number of imide groups is 1. The highest BCUT2D eigenvalue weighted by molar-refractivity contribution is 6.12. The van der Waals surface area contributed by atoms with E-state index in [0.29, 0.717) is 17.7 Å². The van der Waals surface area contributed by atoms with Crippen molar-refractivity contribution in [3.8, 4) is 0 Å². The molecule has 1 aromatic heterocycles. The first-order valence-electron chi connectivity index (χ1n) is 15.0. The minimum atomic E-state index is -1.72. The van der Waals surface area contributed by atoms with Gasteiger partial charge in [-0.1, -0.05) is 59.7 Å². The first-order chi connectivity index (χ1) is 19.5. The molecule has 0 radical (unpaired) electrons. The summed E-state index contributed by atoms with van der Waals surface area (Å²) in [6.07, 6.45) is 2.33. The van der Waals surface area contributed by atoms with E-state index in [-0.39, 0.29) is 30.2 Å². The van der Waals surface area contributed by atoms with Crippen molar-refractivity contribution >= 4 is 23.7 Å². The number of esters is 1. The van der Waals surface area contributed by atoms with Gasteiger partial charge in [-0.2, -0.15) is 0 Å². The molecule has 0 N–H and O–H groups in total. The van der Waals surface area contributed by atoms with Gasteiger partial charge in [0.05, 0.1) is 23.6 Å². The molecule has 2 aromatic rings. The number of amides is 3. The molecular weight excluding hydrogens is 530 g/mol. The summed E-state index contributed by atoms with van der Waals surface area (Å²) in [7, 11) is 0. The number of pyridine rings is 1. The molecule has 3 heterocycles. The minimum absolute atomic E-state index is 0.109. The third-order valence-electron chi connectivity index (χ3n) is 8.13. The Hall–Kier alpha value is -3.55. The van der Waals surface area contributed by atoms with Crippen molar-refractivity contribution in [2.45, 2.75) is 97.8 Å². The number of carbonyl (C=O) groups is 4. The van der Waals surface area contributed by atoms with Crippen molar-refractivity contribution in [2.75, 3.05) is 6.54 Å². The summed E-state index contributed by atoms with van der Waals surface area (Å²) in [6.45, 7) is 17.6. The number of hydrogen-bond donors (Lipinski definition) is 0. The maximum absolute atomic E-state index is 14.8. The van der Waals surface area contributed by atoms with Crippen LogP contribution in [0.25, 0.3) is 0 Å². The Labute approximate surface area is 249 Å². The lowest BCUT2D eigenvalue weighted by molar-refractivity contribution is -0.173. The molecule has 3 amide bonds. The molecular formula is C34H45N3O5. The fraction of sp³-hybridized carbons (Fsp3) is 0.559. The van der Waals surface area contributed by atoms with Crippen LogP contribution in [0.2, 0.25) is 0 Å². The molecule has 2 fully saturated rings. The third kappa shape index (κ3) is 5.48. The van der Waals surface area contributed by atoms with Crippen molar-refractivity contribution in [1.29, 1.82) is 0 Å². The molecule has 8 nitrogen and oxygen atoms in total. The predicted octanol–water partition coefficient (Wildman–Crippen LogP) is 5.71. The van der Waals surface area contributed by atoms with Gasteiger partial charge >= 0.3 is 5.97 Å². The van der Waals surface area contributed by atoms with Gasteiger partial charge in [-0.25, -0.2) is 4.79 Å². The van der Waals surface area contributed by atoms with Crippen molar-refractivity contribution in [3.05, 3.63) is 65.5 Å². The Morgan fingerprint density at radius 2 is 1.62 bits per heavy atom.